The number of nitro groups is 1. The van der Waals surface area contributed by atoms with Gasteiger partial charge in [0.15, 0.2) is 0 Å². The number of rotatable bonds is 3. The Morgan fingerprint density at radius 1 is 1.60 bits per heavy atom. The first kappa shape index (κ1) is 10.7. The number of carbonyl (C=O) groups is 1. The van der Waals surface area contributed by atoms with Crippen LogP contribution in [0, 0.1) is 21.4 Å². The molecule has 0 aliphatic rings. The van der Waals surface area contributed by atoms with Gasteiger partial charge in [-0.15, -0.1) is 0 Å². The van der Waals surface area contributed by atoms with E-state index in [9.17, 15) is 14.9 Å². The Labute approximate surface area is 85.3 Å². The van der Waals surface area contributed by atoms with Crippen molar-refractivity contribution in [1.29, 1.82) is 5.26 Å². The molecule has 15 heavy (non-hydrogen) atoms. The van der Waals surface area contributed by atoms with E-state index in [1.165, 1.54) is 24.3 Å². The number of non-ortho nitro benzene ring substituents is 1. The number of amides is 1. The van der Waals surface area contributed by atoms with Crippen molar-refractivity contribution in [2.24, 2.45) is 0 Å². The summed E-state index contributed by atoms with van der Waals surface area (Å²) in [7, 11) is 0. The van der Waals surface area contributed by atoms with Crippen LogP contribution < -0.4 is 5.32 Å². The summed E-state index contributed by atoms with van der Waals surface area (Å²) in [5, 5.41) is 21.0. The normalized spacial score (nSPS) is 9.00. The first-order chi connectivity index (χ1) is 7.13. The SMILES string of the molecule is N#CCC(=O)Nc1cccc([N+](=O)[O-])c1. The highest BCUT2D eigenvalue weighted by molar-refractivity contribution is 5.92. The predicted octanol–water partition coefficient (Wildman–Crippen LogP) is 1.45. The van der Waals surface area contributed by atoms with Gasteiger partial charge in [0.2, 0.25) is 5.91 Å². The average molecular weight is 205 g/mol. The van der Waals surface area contributed by atoms with Crippen LogP contribution >= 0.6 is 0 Å². The van der Waals surface area contributed by atoms with E-state index < -0.39 is 10.8 Å². The average Bonchev–Trinajstić information content (AvgIpc) is 2.18. The molecule has 76 valence electrons. The van der Waals surface area contributed by atoms with Crippen LogP contribution in [-0.2, 0) is 4.79 Å². The van der Waals surface area contributed by atoms with Crippen LogP contribution in [0.5, 0.6) is 0 Å². The van der Waals surface area contributed by atoms with Crippen molar-refractivity contribution in [2.75, 3.05) is 5.32 Å². The van der Waals surface area contributed by atoms with Gasteiger partial charge in [-0.25, -0.2) is 0 Å². The molecule has 1 amide bonds. The van der Waals surface area contributed by atoms with Gasteiger partial charge in [0.1, 0.15) is 6.42 Å². The first-order valence-electron chi connectivity index (χ1n) is 4.04. The molecule has 0 unspecified atom stereocenters. The van der Waals surface area contributed by atoms with Crippen LogP contribution in [0.2, 0.25) is 0 Å². The Bertz CT molecular complexity index is 436. The van der Waals surface area contributed by atoms with Crippen molar-refractivity contribution in [3.63, 3.8) is 0 Å². The lowest BCUT2D eigenvalue weighted by atomic mass is 10.2. The highest BCUT2D eigenvalue weighted by Crippen LogP contribution is 2.16. The van der Waals surface area contributed by atoms with E-state index >= 15 is 0 Å². The van der Waals surface area contributed by atoms with Crippen molar-refractivity contribution in [2.45, 2.75) is 6.42 Å². The van der Waals surface area contributed by atoms with Crippen molar-refractivity contribution < 1.29 is 9.72 Å². The van der Waals surface area contributed by atoms with Crippen molar-refractivity contribution in [1.82, 2.24) is 0 Å². The van der Waals surface area contributed by atoms with Crippen LogP contribution in [-0.4, -0.2) is 10.8 Å². The summed E-state index contributed by atoms with van der Waals surface area (Å²) in [5.41, 5.74) is 0.203. The van der Waals surface area contributed by atoms with Crippen molar-refractivity contribution in [3.8, 4) is 6.07 Å². The van der Waals surface area contributed by atoms with E-state index in [1.54, 1.807) is 6.07 Å². The number of nitriles is 1. The fourth-order valence-corrected chi connectivity index (χ4v) is 0.974. The second kappa shape index (κ2) is 4.72. The predicted molar refractivity (Wildman–Crippen MR) is 52.0 cm³/mol. The van der Waals surface area contributed by atoms with Gasteiger partial charge in [0.05, 0.1) is 11.0 Å². The lowest BCUT2D eigenvalue weighted by Crippen LogP contribution is -2.10. The molecule has 0 heterocycles. The van der Waals surface area contributed by atoms with E-state index in [0.717, 1.165) is 0 Å². The molecule has 0 aliphatic heterocycles. The zero-order valence-electron chi connectivity index (χ0n) is 7.64. The Kier molecular flexibility index (Phi) is 3.35. The van der Waals surface area contributed by atoms with E-state index in [2.05, 4.69) is 5.32 Å². The lowest BCUT2D eigenvalue weighted by molar-refractivity contribution is -0.384. The Morgan fingerprint density at radius 2 is 2.33 bits per heavy atom. The fourth-order valence-electron chi connectivity index (χ4n) is 0.974. The summed E-state index contributed by atoms with van der Waals surface area (Å²) >= 11 is 0. The van der Waals surface area contributed by atoms with Crippen LogP contribution in [0.15, 0.2) is 24.3 Å². The molecule has 6 nitrogen and oxygen atoms in total. The number of anilines is 1. The molecule has 1 N–H and O–H groups in total. The molecular weight excluding hydrogens is 198 g/mol. The maximum absolute atomic E-state index is 11.0. The van der Waals surface area contributed by atoms with Crippen LogP contribution in [0.1, 0.15) is 6.42 Å². The number of carbonyl (C=O) groups excluding carboxylic acids is 1. The van der Waals surface area contributed by atoms with E-state index in [-0.39, 0.29) is 12.1 Å². The Hall–Kier alpha value is -2.42. The van der Waals surface area contributed by atoms with Gasteiger partial charge in [-0.1, -0.05) is 6.07 Å². The second-order valence-corrected chi connectivity index (χ2v) is 2.69. The number of benzene rings is 1. The fraction of sp³-hybridized carbons (Fsp3) is 0.111. The monoisotopic (exact) mass is 205 g/mol. The molecule has 0 fully saturated rings. The van der Waals surface area contributed by atoms with Gasteiger partial charge in [-0.3, -0.25) is 14.9 Å². The molecule has 0 saturated heterocycles. The molecule has 1 rings (SSSR count). The van der Waals surface area contributed by atoms with Crippen LogP contribution in [0.25, 0.3) is 0 Å². The molecule has 1 aromatic carbocycles. The third-order valence-electron chi connectivity index (χ3n) is 1.58. The molecule has 0 radical (unpaired) electrons. The quantitative estimate of drug-likeness (QED) is 0.596. The van der Waals surface area contributed by atoms with Crippen molar-refractivity contribution in [3.05, 3.63) is 34.4 Å². The zero-order valence-corrected chi connectivity index (χ0v) is 7.64. The van der Waals surface area contributed by atoms with Gasteiger partial charge in [0, 0.05) is 17.8 Å². The highest BCUT2D eigenvalue weighted by Gasteiger charge is 2.07. The van der Waals surface area contributed by atoms with Crippen LogP contribution in [0.3, 0.4) is 0 Å². The maximum Gasteiger partial charge on any atom is 0.271 e. The van der Waals surface area contributed by atoms with E-state index in [0.29, 0.717) is 5.69 Å². The third-order valence-corrected chi connectivity index (χ3v) is 1.58. The number of nitrogens with zero attached hydrogens (tertiary/aromatic N) is 2. The van der Waals surface area contributed by atoms with E-state index in [4.69, 9.17) is 5.26 Å². The second-order valence-electron chi connectivity index (χ2n) is 2.69. The number of nitro benzene ring substituents is 1. The lowest BCUT2D eigenvalue weighted by Gasteiger charge is -2.01. The minimum Gasteiger partial charge on any atom is -0.325 e. The zero-order chi connectivity index (χ0) is 11.3. The topological polar surface area (TPSA) is 96.0 Å². The summed E-state index contributed by atoms with van der Waals surface area (Å²) < 4.78 is 0. The van der Waals surface area contributed by atoms with Crippen molar-refractivity contribution >= 4 is 17.3 Å². The summed E-state index contributed by atoms with van der Waals surface area (Å²) in [6.45, 7) is 0. The Morgan fingerprint density at radius 3 is 2.93 bits per heavy atom. The van der Waals surface area contributed by atoms with Gasteiger partial charge in [-0.05, 0) is 6.07 Å². The largest absolute Gasteiger partial charge is 0.325 e. The van der Waals surface area contributed by atoms with Gasteiger partial charge in [0.25, 0.3) is 5.69 Å². The molecule has 0 spiro atoms. The molecule has 6 heteroatoms. The first-order valence-corrected chi connectivity index (χ1v) is 4.04. The summed E-state index contributed by atoms with van der Waals surface area (Å²) in [4.78, 5) is 20.8. The van der Waals surface area contributed by atoms with Crippen LogP contribution in [0.4, 0.5) is 11.4 Å². The summed E-state index contributed by atoms with van der Waals surface area (Å²) in [5.74, 6) is -0.488. The maximum atomic E-state index is 11.0. The molecule has 0 aromatic heterocycles. The number of nitrogens with one attached hydrogen (secondary N) is 1. The van der Waals surface area contributed by atoms with Gasteiger partial charge in [-0.2, -0.15) is 5.26 Å². The minimum atomic E-state index is -0.556. The highest BCUT2D eigenvalue weighted by atomic mass is 16.6. The summed E-state index contributed by atoms with van der Waals surface area (Å²) in [6.07, 6.45) is -0.275. The molecule has 1 aromatic rings. The van der Waals surface area contributed by atoms with Gasteiger partial charge < -0.3 is 5.32 Å². The molecular formula is C9H7N3O3. The number of hydrogen-bond acceptors (Lipinski definition) is 4. The number of hydrogen-bond donors (Lipinski definition) is 1. The molecule has 0 bridgehead atoms. The molecule has 0 saturated carbocycles. The van der Waals surface area contributed by atoms with E-state index in [1.807, 2.05) is 0 Å². The molecule has 0 atom stereocenters. The molecule has 0 aliphatic carbocycles. The Balaban J connectivity index is 2.79. The third kappa shape index (κ3) is 3.08. The van der Waals surface area contributed by atoms with Gasteiger partial charge >= 0.3 is 0 Å². The minimum absolute atomic E-state index is 0.107. The summed E-state index contributed by atoms with van der Waals surface area (Å²) in [6, 6.07) is 7.20. The standard InChI is InChI=1S/C9H7N3O3/c10-5-4-9(13)11-7-2-1-3-8(6-7)12(14)15/h1-3,6H,4H2,(H,11,13). The smallest absolute Gasteiger partial charge is 0.271 e.